The zero-order chi connectivity index (χ0) is 18.9. The number of hydrogen-bond donors (Lipinski definition) is 1. The van der Waals surface area contributed by atoms with Crippen LogP contribution >= 0.6 is 11.3 Å². The first kappa shape index (κ1) is 19.1. The van der Waals surface area contributed by atoms with E-state index in [9.17, 15) is 0 Å². The second kappa shape index (κ2) is 8.02. The molecule has 0 saturated carbocycles. The van der Waals surface area contributed by atoms with Crippen molar-refractivity contribution in [3.8, 4) is 11.3 Å². The molecular weight excluding hydrogens is 352 g/mol. The van der Waals surface area contributed by atoms with Gasteiger partial charge in [-0.25, -0.2) is 4.98 Å². The van der Waals surface area contributed by atoms with Crippen molar-refractivity contribution >= 4 is 11.3 Å². The molecule has 0 amide bonds. The third-order valence-electron chi connectivity index (χ3n) is 6.47. The highest BCUT2D eigenvalue weighted by atomic mass is 32.1. The van der Waals surface area contributed by atoms with E-state index >= 15 is 0 Å². The number of fused-ring (bicyclic) bond motifs is 1. The van der Waals surface area contributed by atoms with Crippen molar-refractivity contribution in [2.75, 3.05) is 26.2 Å². The fourth-order valence-corrected chi connectivity index (χ4v) is 5.78. The van der Waals surface area contributed by atoms with Gasteiger partial charge in [0.15, 0.2) is 0 Å². The number of aryl methyl sites for hydroxylation is 1. The summed E-state index contributed by atoms with van der Waals surface area (Å²) in [5, 5.41) is 12.6. The fourth-order valence-electron chi connectivity index (χ4n) is 4.78. The first-order chi connectivity index (χ1) is 13.1. The summed E-state index contributed by atoms with van der Waals surface area (Å²) in [6.45, 7) is 8.34. The fraction of sp³-hybridized carbons (Fsp3) is 0.609. The first-order valence-electron chi connectivity index (χ1n) is 10.5. The number of benzene rings is 1. The van der Waals surface area contributed by atoms with Gasteiger partial charge in [0, 0.05) is 30.0 Å². The Morgan fingerprint density at radius 3 is 2.85 bits per heavy atom. The normalized spacial score (nSPS) is 20.6. The summed E-state index contributed by atoms with van der Waals surface area (Å²) in [5.74, 6) is 0.602. The molecule has 4 heteroatoms. The molecule has 1 aliphatic heterocycles. The summed E-state index contributed by atoms with van der Waals surface area (Å²) in [5.41, 5.74) is 5.81. The molecule has 0 atom stereocenters. The van der Waals surface area contributed by atoms with Crippen molar-refractivity contribution in [2.45, 2.75) is 63.7 Å². The van der Waals surface area contributed by atoms with Gasteiger partial charge in [0.25, 0.3) is 0 Å². The highest BCUT2D eigenvalue weighted by Gasteiger charge is 2.28. The molecule has 2 heterocycles. The van der Waals surface area contributed by atoms with Crippen LogP contribution in [0.2, 0.25) is 0 Å². The Balaban J connectivity index is 1.46. The average molecular weight is 385 g/mol. The van der Waals surface area contributed by atoms with Crippen LogP contribution in [0, 0.1) is 0 Å². The summed E-state index contributed by atoms with van der Waals surface area (Å²) in [7, 11) is 0. The van der Waals surface area contributed by atoms with Crippen molar-refractivity contribution in [2.24, 2.45) is 0 Å². The maximum absolute atomic E-state index is 9.01. The number of nitrogens with zero attached hydrogens (tertiary/aromatic N) is 2. The van der Waals surface area contributed by atoms with E-state index in [1.807, 2.05) is 11.3 Å². The van der Waals surface area contributed by atoms with Gasteiger partial charge in [0.05, 0.1) is 10.7 Å². The van der Waals surface area contributed by atoms with Gasteiger partial charge in [0.2, 0.25) is 0 Å². The van der Waals surface area contributed by atoms with Crippen LogP contribution in [0.5, 0.6) is 0 Å². The van der Waals surface area contributed by atoms with Crippen LogP contribution in [0.15, 0.2) is 23.6 Å². The smallest absolute Gasteiger partial charge is 0.0964 e. The molecule has 1 fully saturated rings. The zero-order valence-electron chi connectivity index (χ0n) is 16.7. The summed E-state index contributed by atoms with van der Waals surface area (Å²) >= 11 is 1.84. The van der Waals surface area contributed by atoms with Gasteiger partial charge in [-0.05, 0) is 74.2 Å². The lowest BCUT2D eigenvalue weighted by molar-refractivity contribution is 0.187. The Morgan fingerprint density at radius 1 is 1.26 bits per heavy atom. The third kappa shape index (κ3) is 4.13. The largest absolute Gasteiger partial charge is 0.396 e. The predicted molar refractivity (Wildman–Crippen MR) is 114 cm³/mol. The van der Waals surface area contributed by atoms with Crippen molar-refractivity contribution in [3.05, 3.63) is 39.7 Å². The maximum atomic E-state index is 9.01. The summed E-state index contributed by atoms with van der Waals surface area (Å²) in [6.07, 6.45) is 7.06. The van der Waals surface area contributed by atoms with E-state index in [1.54, 1.807) is 0 Å². The van der Waals surface area contributed by atoms with Crippen LogP contribution in [-0.4, -0.2) is 41.2 Å². The number of aromatic nitrogens is 1. The molecular formula is C23H32N2OS. The molecule has 1 N–H and O–H groups in total. The number of rotatable bonds is 5. The summed E-state index contributed by atoms with van der Waals surface area (Å²) < 4.78 is 0. The van der Waals surface area contributed by atoms with Gasteiger partial charge in [-0.15, -0.1) is 11.3 Å². The Morgan fingerprint density at radius 2 is 2.07 bits per heavy atom. The molecule has 1 aromatic carbocycles. The van der Waals surface area contributed by atoms with Crippen molar-refractivity contribution in [1.29, 1.82) is 0 Å². The van der Waals surface area contributed by atoms with Crippen LogP contribution in [0.4, 0.5) is 0 Å². The van der Waals surface area contributed by atoms with Crippen LogP contribution < -0.4 is 0 Å². The quantitative estimate of drug-likeness (QED) is 0.789. The zero-order valence-corrected chi connectivity index (χ0v) is 17.5. The summed E-state index contributed by atoms with van der Waals surface area (Å²) in [4.78, 5) is 7.52. The van der Waals surface area contributed by atoms with E-state index in [0.29, 0.717) is 17.9 Å². The molecule has 2 aromatic rings. The first-order valence-corrected chi connectivity index (χ1v) is 11.4. The lowest BCUT2D eigenvalue weighted by atomic mass is 9.72. The molecule has 0 spiro atoms. The van der Waals surface area contributed by atoms with Crippen molar-refractivity contribution in [1.82, 2.24) is 9.88 Å². The van der Waals surface area contributed by atoms with E-state index in [2.05, 4.69) is 42.3 Å². The molecule has 0 unspecified atom stereocenters. The molecule has 0 radical (unpaired) electrons. The Kier molecular flexibility index (Phi) is 5.68. The Bertz CT molecular complexity index is 774. The lowest BCUT2D eigenvalue weighted by Crippen LogP contribution is -2.34. The van der Waals surface area contributed by atoms with Crippen LogP contribution in [-0.2, 0) is 11.8 Å². The molecule has 2 aliphatic rings. The van der Waals surface area contributed by atoms with Gasteiger partial charge < -0.3 is 10.0 Å². The second-order valence-electron chi connectivity index (χ2n) is 8.87. The summed E-state index contributed by atoms with van der Waals surface area (Å²) in [6, 6.07) is 7.03. The van der Waals surface area contributed by atoms with Gasteiger partial charge in [-0.3, -0.25) is 0 Å². The van der Waals surface area contributed by atoms with Gasteiger partial charge in [-0.1, -0.05) is 26.0 Å². The van der Waals surface area contributed by atoms with E-state index < -0.39 is 0 Å². The Labute approximate surface area is 167 Å². The number of aliphatic hydroxyl groups is 1. The van der Waals surface area contributed by atoms with Gasteiger partial charge >= 0.3 is 0 Å². The van der Waals surface area contributed by atoms with E-state index in [4.69, 9.17) is 10.1 Å². The number of hydrogen-bond acceptors (Lipinski definition) is 4. The van der Waals surface area contributed by atoms with E-state index in [0.717, 1.165) is 31.7 Å². The van der Waals surface area contributed by atoms with E-state index in [-0.39, 0.29) is 0 Å². The number of thiazole rings is 1. The minimum atomic E-state index is 0.299. The molecule has 146 valence electrons. The van der Waals surface area contributed by atoms with Crippen molar-refractivity contribution in [3.63, 3.8) is 0 Å². The topological polar surface area (TPSA) is 36.4 Å². The van der Waals surface area contributed by atoms with E-state index in [1.165, 1.54) is 53.8 Å². The molecule has 4 rings (SSSR count). The van der Waals surface area contributed by atoms with Gasteiger partial charge in [-0.2, -0.15) is 0 Å². The molecule has 1 saturated heterocycles. The minimum absolute atomic E-state index is 0.299. The predicted octanol–water partition coefficient (Wildman–Crippen LogP) is 4.99. The third-order valence-corrected chi connectivity index (χ3v) is 7.48. The number of likely N-dealkylation sites (tertiary alicyclic amines) is 1. The monoisotopic (exact) mass is 384 g/mol. The lowest BCUT2D eigenvalue weighted by Gasteiger charge is -2.32. The number of aliphatic hydroxyl groups excluding tert-OH is 1. The van der Waals surface area contributed by atoms with Crippen LogP contribution in [0.1, 0.15) is 68.0 Å². The molecule has 27 heavy (non-hydrogen) atoms. The molecule has 1 aliphatic carbocycles. The highest BCUT2D eigenvalue weighted by molar-refractivity contribution is 7.10. The molecule has 1 aromatic heterocycles. The SMILES string of the molecule is CC1(C)CCCc2cc(-c3csc(C4CCN(CCCO)CC4)n3)ccc21. The standard InChI is InChI=1S/C23H32N2OS/c1-23(2)10-3-5-18-15-19(6-7-20(18)23)21-16-27-22(24-21)17-8-12-25(13-9-17)11-4-14-26/h6-7,15-17,26H,3-5,8-14H2,1-2H3. The highest BCUT2D eigenvalue weighted by Crippen LogP contribution is 2.39. The van der Waals surface area contributed by atoms with Crippen LogP contribution in [0.3, 0.4) is 0 Å². The number of piperidine rings is 1. The molecule has 3 nitrogen and oxygen atoms in total. The molecule has 0 bridgehead atoms. The van der Waals surface area contributed by atoms with Gasteiger partial charge in [0.1, 0.15) is 0 Å². The maximum Gasteiger partial charge on any atom is 0.0964 e. The van der Waals surface area contributed by atoms with Crippen LogP contribution in [0.25, 0.3) is 11.3 Å². The average Bonchev–Trinajstić information content (AvgIpc) is 3.16. The Hall–Kier alpha value is -1.23. The second-order valence-corrected chi connectivity index (χ2v) is 9.76. The van der Waals surface area contributed by atoms with Crippen molar-refractivity contribution < 1.29 is 5.11 Å². The minimum Gasteiger partial charge on any atom is -0.396 e.